The Kier molecular flexibility index (Phi) is 12.6. The Hall–Kier alpha value is -1.02. The first-order chi connectivity index (χ1) is 11.8. The van der Waals surface area contributed by atoms with Gasteiger partial charge in [0, 0.05) is 19.8 Å². The molecule has 6 N–H and O–H groups in total. The average molecular weight is 339 g/mol. The van der Waals surface area contributed by atoms with Crippen molar-refractivity contribution in [3.8, 4) is 0 Å². The molecule has 0 aromatic heterocycles. The van der Waals surface area contributed by atoms with Crippen LogP contribution in [0.15, 0.2) is 18.2 Å². The van der Waals surface area contributed by atoms with Gasteiger partial charge in [0.2, 0.25) is 0 Å². The predicted octanol–water partition coefficient (Wildman–Crippen LogP) is 1.28. The molecule has 0 aliphatic rings. The summed E-state index contributed by atoms with van der Waals surface area (Å²) >= 11 is 0. The molecular formula is C18H33N3O3. The van der Waals surface area contributed by atoms with Crippen LogP contribution in [0.5, 0.6) is 0 Å². The van der Waals surface area contributed by atoms with Gasteiger partial charge in [0.25, 0.3) is 0 Å². The minimum atomic E-state index is 0.576. The molecule has 0 bridgehead atoms. The lowest BCUT2D eigenvalue weighted by molar-refractivity contribution is 0.112. The van der Waals surface area contributed by atoms with Crippen LogP contribution in [0.1, 0.15) is 36.0 Å². The van der Waals surface area contributed by atoms with E-state index in [2.05, 4.69) is 18.2 Å². The third-order valence-electron chi connectivity index (χ3n) is 3.40. The fraction of sp³-hybridized carbons (Fsp3) is 0.667. The zero-order valence-electron chi connectivity index (χ0n) is 14.7. The largest absolute Gasteiger partial charge is 0.377 e. The van der Waals surface area contributed by atoms with E-state index in [0.29, 0.717) is 59.3 Å². The standard InChI is InChI=1S/C18H33N3O3/c19-4-1-7-22-13-16-10-17(14-23-8-2-5-20)12-18(11-16)15-24-9-3-6-21/h10-12H,1-9,13-15,19-21H2. The van der Waals surface area contributed by atoms with E-state index in [1.54, 1.807) is 0 Å². The molecule has 0 atom stereocenters. The van der Waals surface area contributed by atoms with Gasteiger partial charge in [0.05, 0.1) is 19.8 Å². The van der Waals surface area contributed by atoms with Crippen molar-refractivity contribution in [1.82, 2.24) is 0 Å². The lowest BCUT2D eigenvalue weighted by Gasteiger charge is -2.11. The molecule has 0 aliphatic carbocycles. The van der Waals surface area contributed by atoms with Crippen LogP contribution < -0.4 is 17.2 Å². The lowest BCUT2D eigenvalue weighted by atomic mass is 10.1. The molecule has 0 spiro atoms. The third-order valence-corrected chi connectivity index (χ3v) is 3.40. The molecule has 0 saturated heterocycles. The van der Waals surface area contributed by atoms with Crippen LogP contribution in [0.4, 0.5) is 0 Å². The van der Waals surface area contributed by atoms with Gasteiger partial charge in [0.15, 0.2) is 0 Å². The van der Waals surface area contributed by atoms with Gasteiger partial charge >= 0.3 is 0 Å². The fourth-order valence-electron chi connectivity index (χ4n) is 2.22. The van der Waals surface area contributed by atoms with Gasteiger partial charge in [-0.2, -0.15) is 0 Å². The van der Waals surface area contributed by atoms with Crippen molar-refractivity contribution < 1.29 is 14.2 Å². The Morgan fingerprint density at radius 3 is 1.08 bits per heavy atom. The summed E-state index contributed by atoms with van der Waals surface area (Å²) in [5.41, 5.74) is 19.8. The number of ether oxygens (including phenoxy) is 3. The van der Waals surface area contributed by atoms with Crippen molar-refractivity contribution in [3.05, 3.63) is 34.9 Å². The monoisotopic (exact) mass is 339 g/mol. The van der Waals surface area contributed by atoms with Crippen LogP contribution in [-0.4, -0.2) is 39.5 Å². The molecule has 24 heavy (non-hydrogen) atoms. The molecular weight excluding hydrogens is 306 g/mol. The summed E-state index contributed by atoms with van der Waals surface area (Å²) in [6.45, 7) is 5.70. The number of rotatable bonds is 15. The molecule has 138 valence electrons. The minimum Gasteiger partial charge on any atom is -0.377 e. The van der Waals surface area contributed by atoms with Gasteiger partial charge in [-0.25, -0.2) is 0 Å². The predicted molar refractivity (Wildman–Crippen MR) is 96.4 cm³/mol. The Morgan fingerprint density at radius 1 is 0.542 bits per heavy atom. The van der Waals surface area contributed by atoms with Gasteiger partial charge < -0.3 is 31.4 Å². The van der Waals surface area contributed by atoms with Gasteiger partial charge in [-0.15, -0.1) is 0 Å². The summed E-state index contributed by atoms with van der Waals surface area (Å²) in [5.74, 6) is 0. The van der Waals surface area contributed by atoms with Crippen molar-refractivity contribution >= 4 is 0 Å². The van der Waals surface area contributed by atoms with Crippen LogP contribution >= 0.6 is 0 Å². The topological polar surface area (TPSA) is 106 Å². The highest BCUT2D eigenvalue weighted by Gasteiger charge is 2.03. The summed E-state index contributed by atoms with van der Waals surface area (Å²) in [5, 5.41) is 0. The average Bonchev–Trinajstić information content (AvgIpc) is 2.59. The Morgan fingerprint density at radius 2 is 0.833 bits per heavy atom. The van der Waals surface area contributed by atoms with Crippen molar-refractivity contribution in [3.63, 3.8) is 0 Å². The summed E-state index contributed by atoms with van der Waals surface area (Å²) in [4.78, 5) is 0. The van der Waals surface area contributed by atoms with Crippen molar-refractivity contribution in [2.45, 2.75) is 39.1 Å². The Labute approximate surface area is 145 Å². The molecule has 1 rings (SSSR count). The highest BCUT2D eigenvalue weighted by atomic mass is 16.5. The quantitative estimate of drug-likeness (QED) is 0.416. The van der Waals surface area contributed by atoms with Gasteiger partial charge in [-0.05, 0) is 55.6 Å². The van der Waals surface area contributed by atoms with E-state index >= 15 is 0 Å². The van der Waals surface area contributed by atoms with Crippen molar-refractivity contribution in [1.29, 1.82) is 0 Å². The van der Waals surface area contributed by atoms with E-state index in [9.17, 15) is 0 Å². The second-order valence-corrected chi connectivity index (χ2v) is 5.74. The van der Waals surface area contributed by atoms with Crippen LogP contribution in [0.25, 0.3) is 0 Å². The number of nitrogens with two attached hydrogens (primary N) is 3. The highest BCUT2D eigenvalue weighted by Crippen LogP contribution is 2.14. The van der Waals surface area contributed by atoms with E-state index in [0.717, 1.165) is 36.0 Å². The molecule has 0 saturated carbocycles. The summed E-state index contributed by atoms with van der Waals surface area (Å²) in [7, 11) is 0. The Bertz CT molecular complexity index is 356. The van der Waals surface area contributed by atoms with Crippen LogP contribution in [-0.2, 0) is 34.0 Å². The lowest BCUT2D eigenvalue weighted by Crippen LogP contribution is -2.07. The SMILES string of the molecule is NCCCOCc1cc(COCCCN)cc(COCCCN)c1. The smallest absolute Gasteiger partial charge is 0.0717 e. The van der Waals surface area contributed by atoms with Crippen LogP contribution in [0.3, 0.4) is 0 Å². The van der Waals surface area contributed by atoms with E-state index in [1.807, 2.05) is 0 Å². The molecule has 0 unspecified atom stereocenters. The van der Waals surface area contributed by atoms with E-state index in [-0.39, 0.29) is 0 Å². The molecule has 1 aromatic rings. The molecule has 6 nitrogen and oxygen atoms in total. The second-order valence-electron chi connectivity index (χ2n) is 5.74. The second kappa shape index (κ2) is 14.3. The van der Waals surface area contributed by atoms with Crippen LogP contribution in [0, 0.1) is 0 Å². The molecule has 6 heteroatoms. The van der Waals surface area contributed by atoms with E-state index in [4.69, 9.17) is 31.4 Å². The first kappa shape index (κ1) is 21.0. The van der Waals surface area contributed by atoms with Gasteiger partial charge in [0.1, 0.15) is 0 Å². The van der Waals surface area contributed by atoms with E-state index < -0.39 is 0 Å². The van der Waals surface area contributed by atoms with Crippen molar-refractivity contribution in [2.75, 3.05) is 39.5 Å². The Balaban J connectivity index is 2.58. The maximum atomic E-state index is 5.66. The zero-order valence-corrected chi connectivity index (χ0v) is 14.7. The van der Waals surface area contributed by atoms with Crippen LogP contribution in [0.2, 0.25) is 0 Å². The van der Waals surface area contributed by atoms with Crippen molar-refractivity contribution in [2.24, 2.45) is 17.2 Å². The summed E-state index contributed by atoms with van der Waals surface area (Å²) < 4.78 is 17.0. The maximum absolute atomic E-state index is 5.66. The maximum Gasteiger partial charge on any atom is 0.0717 e. The minimum absolute atomic E-state index is 0.576. The third kappa shape index (κ3) is 9.97. The molecule has 0 fully saturated rings. The number of hydrogen-bond donors (Lipinski definition) is 3. The first-order valence-corrected chi connectivity index (χ1v) is 8.75. The number of benzene rings is 1. The summed E-state index contributed by atoms with van der Waals surface area (Å²) in [6.07, 6.45) is 2.62. The number of hydrogen-bond acceptors (Lipinski definition) is 6. The van der Waals surface area contributed by atoms with E-state index in [1.165, 1.54) is 0 Å². The normalized spacial score (nSPS) is 11.1. The highest BCUT2D eigenvalue weighted by molar-refractivity contribution is 5.29. The van der Waals surface area contributed by atoms with Gasteiger partial charge in [-0.1, -0.05) is 18.2 Å². The molecule has 0 aliphatic heterocycles. The first-order valence-electron chi connectivity index (χ1n) is 8.75. The molecule has 0 radical (unpaired) electrons. The summed E-state index contributed by atoms with van der Waals surface area (Å²) in [6, 6.07) is 6.36. The molecule has 0 amide bonds. The molecule has 0 heterocycles. The van der Waals surface area contributed by atoms with Gasteiger partial charge in [-0.3, -0.25) is 0 Å². The molecule has 1 aromatic carbocycles. The zero-order chi connectivity index (χ0) is 17.5. The fourth-order valence-corrected chi connectivity index (χ4v) is 2.22.